The lowest BCUT2D eigenvalue weighted by Gasteiger charge is -2.07. The molecule has 3 N–H and O–H groups in total. The molecule has 0 aliphatic carbocycles. The molecule has 2 heterocycles. The van der Waals surface area contributed by atoms with E-state index in [2.05, 4.69) is 5.32 Å². The van der Waals surface area contributed by atoms with Crippen molar-refractivity contribution >= 4 is 28.2 Å². The number of carbonyl (C=O) groups is 2. The molecule has 0 unspecified atom stereocenters. The van der Waals surface area contributed by atoms with Crippen molar-refractivity contribution < 1.29 is 9.59 Å². The number of hydrogen-bond donors (Lipinski definition) is 2. The van der Waals surface area contributed by atoms with Crippen LogP contribution in [0.5, 0.6) is 0 Å². The average Bonchev–Trinajstić information content (AvgIpc) is 3.02. The number of pyridine rings is 1. The van der Waals surface area contributed by atoms with Crippen LogP contribution in [0.25, 0.3) is 10.4 Å². The molecule has 0 aliphatic rings. The van der Waals surface area contributed by atoms with Crippen molar-refractivity contribution in [2.75, 3.05) is 5.32 Å². The van der Waals surface area contributed by atoms with E-state index in [0.717, 1.165) is 16.0 Å². The van der Waals surface area contributed by atoms with Crippen LogP contribution in [-0.4, -0.2) is 16.4 Å². The van der Waals surface area contributed by atoms with Gasteiger partial charge >= 0.3 is 0 Å². The van der Waals surface area contributed by atoms with E-state index in [-0.39, 0.29) is 17.7 Å². The van der Waals surface area contributed by atoms with Crippen LogP contribution in [0.4, 0.5) is 5.00 Å². The van der Waals surface area contributed by atoms with E-state index in [0.29, 0.717) is 5.00 Å². The number of anilines is 1. The number of nitrogens with zero attached hydrogens (tertiary/aromatic N) is 1. The van der Waals surface area contributed by atoms with Crippen molar-refractivity contribution in [2.24, 2.45) is 5.73 Å². The lowest BCUT2D eigenvalue weighted by Crippen LogP contribution is -2.27. The quantitative estimate of drug-likeness (QED) is 0.726. The number of rotatable bonds is 5. The number of carbonyl (C=O) groups excluding carboxylic acids is 2. The Kier molecular flexibility index (Phi) is 4.99. The van der Waals surface area contributed by atoms with Crippen molar-refractivity contribution in [3.05, 3.63) is 76.2 Å². The molecule has 0 saturated heterocycles. The first-order chi connectivity index (χ1) is 12.4. The standard InChI is InChI=1S/C19H17N3O3S/c1-12-7-8-22(17(24)9-12)11-16(23)21-19-14(18(20)25)10-15(26-19)13-5-3-2-4-6-13/h2-10H,11H2,1H3,(H2,20,25)(H,21,23). The minimum Gasteiger partial charge on any atom is -0.366 e. The summed E-state index contributed by atoms with van der Waals surface area (Å²) in [4.78, 5) is 36.8. The number of benzene rings is 1. The molecule has 26 heavy (non-hydrogen) atoms. The summed E-state index contributed by atoms with van der Waals surface area (Å²) in [5, 5.41) is 3.07. The van der Waals surface area contributed by atoms with Gasteiger partial charge in [0.05, 0.1) is 5.56 Å². The highest BCUT2D eigenvalue weighted by atomic mass is 32.1. The second-order valence-corrected chi connectivity index (χ2v) is 6.85. The fourth-order valence-electron chi connectivity index (χ4n) is 2.47. The number of amides is 2. The van der Waals surface area contributed by atoms with Crippen LogP contribution >= 0.6 is 11.3 Å². The molecule has 0 atom stereocenters. The molecule has 0 bridgehead atoms. The summed E-state index contributed by atoms with van der Waals surface area (Å²) < 4.78 is 1.30. The molecular weight excluding hydrogens is 350 g/mol. The van der Waals surface area contributed by atoms with Gasteiger partial charge in [0.1, 0.15) is 11.5 Å². The van der Waals surface area contributed by atoms with Crippen molar-refractivity contribution in [1.82, 2.24) is 4.57 Å². The second kappa shape index (κ2) is 7.37. The molecule has 2 aromatic heterocycles. The molecule has 3 rings (SSSR count). The van der Waals surface area contributed by atoms with E-state index < -0.39 is 11.8 Å². The molecule has 1 aromatic carbocycles. The maximum Gasteiger partial charge on any atom is 0.251 e. The van der Waals surface area contributed by atoms with E-state index in [1.165, 1.54) is 22.0 Å². The molecular formula is C19H17N3O3S. The molecule has 0 spiro atoms. The minimum atomic E-state index is -0.619. The number of aryl methyl sites for hydroxylation is 1. The van der Waals surface area contributed by atoms with Gasteiger partial charge in [-0.05, 0) is 30.2 Å². The summed E-state index contributed by atoms with van der Waals surface area (Å²) in [7, 11) is 0. The number of thiophene rings is 1. The first kappa shape index (κ1) is 17.6. The summed E-state index contributed by atoms with van der Waals surface area (Å²) in [6.07, 6.45) is 1.57. The highest BCUT2D eigenvalue weighted by Gasteiger charge is 2.17. The van der Waals surface area contributed by atoms with E-state index in [4.69, 9.17) is 5.73 Å². The van der Waals surface area contributed by atoms with Crippen LogP contribution in [0.15, 0.2) is 59.5 Å². The van der Waals surface area contributed by atoms with E-state index in [1.807, 2.05) is 37.3 Å². The van der Waals surface area contributed by atoms with E-state index in [9.17, 15) is 14.4 Å². The first-order valence-electron chi connectivity index (χ1n) is 7.90. The van der Waals surface area contributed by atoms with Crippen LogP contribution in [0.2, 0.25) is 0 Å². The van der Waals surface area contributed by atoms with Gasteiger partial charge in [0.25, 0.3) is 11.5 Å². The first-order valence-corrected chi connectivity index (χ1v) is 8.71. The monoisotopic (exact) mass is 367 g/mol. The fraction of sp³-hybridized carbons (Fsp3) is 0.105. The maximum absolute atomic E-state index is 12.3. The number of primary amides is 1. The van der Waals surface area contributed by atoms with Gasteiger partial charge < -0.3 is 15.6 Å². The third-order valence-electron chi connectivity index (χ3n) is 3.77. The molecule has 6 nitrogen and oxygen atoms in total. The smallest absolute Gasteiger partial charge is 0.251 e. The molecule has 0 radical (unpaired) electrons. The zero-order valence-corrected chi connectivity index (χ0v) is 14.9. The predicted molar refractivity (Wildman–Crippen MR) is 102 cm³/mol. The van der Waals surface area contributed by atoms with Crippen LogP contribution in [0, 0.1) is 6.92 Å². The normalized spacial score (nSPS) is 10.5. The largest absolute Gasteiger partial charge is 0.366 e. The minimum absolute atomic E-state index is 0.143. The van der Waals surface area contributed by atoms with Crippen LogP contribution < -0.4 is 16.6 Å². The lowest BCUT2D eigenvalue weighted by molar-refractivity contribution is -0.116. The van der Waals surface area contributed by atoms with Crippen molar-refractivity contribution in [1.29, 1.82) is 0 Å². The Bertz CT molecular complexity index is 1020. The van der Waals surface area contributed by atoms with E-state index >= 15 is 0 Å². The number of aromatic nitrogens is 1. The zero-order valence-electron chi connectivity index (χ0n) is 14.1. The highest BCUT2D eigenvalue weighted by molar-refractivity contribution is 7.20. The SMILES string of the molecule is Cc1ccn(CC(=O)Nc2sc(-c3ccccc3)cc2C(N)=O)c(=O)c1. The van der Waals surface area contributed by atoms with Crippen molar-refractivity contribution in [3.63, 3.8) is 0 Å². The molecule has 0 saturated carbocycles. The van der Waals surface area contributed by atoms with Gasteiger partial charge in [-0.1, -0.05) is 30.3 Å². The maximum atomic E-state index is 12.3. The summed E-state index contributed by atoms with van der Waals surface area (Å²) in [6.45, 7) is 1.66. The number of nitrogens with one attached hydrogen (secondary N) is 1. The molecule has 132 valence electrons. The fourth-order valence-corrected chi connectivity index (χ4v) is 3.55. The third kappa shape index (κ3) is 3.89. The van der Waals surface area contributed by atoms with Gasteiger partial charge in [-0.15, -0.1) is 11.3 Å². The Labute approximate surface area is 153 Å². The van der Waals surface area contributed by atoms with Gasteiger partial charge in [-0.2, -0.15) is 0 Å². The molecule has 0 fully saturated rings. The third-order valence-corrected chi connectivity index (χ3v) is 4.87. The van der Waals surface area contributed by atoms with Crippen LogP contribution in [0.1, 0.15) is 15.9 Å². The zero-order chi connectivity index (χ0) is 18.7. The van der Waals surface area contributed by atoms with Crippen molar-refractivity contribution in [3.8, 4) is 10.4 Å². The van der Waals surface area contributed by atoms with Crippen LogP contribution in [0.3, 0.4) is 0 Å². The number of nitrogens with two attached hydrogens (primary N) is 1. The van der Waals surface area contributed by atoms with Gasteiger partial charge in [0, 0.05) is 17.1 Å². The molecule has 3 aromatic rings. The molecule has 0 aliphatic heterocycles. The van der Waals surface area contributed by atoms with Crippen LogP contribution in [-0.2, 0) is 11.3 Å². The average molecular weight is 367 g/mol. The Morgan fingerprint density at radius 2 is 1.88 bits per heavy atom. The van der Waals surface area contributed by atoms with Gasteiger partial charge in [0.2, 0.25) is 5.91 Å². The Morgan fingerprint density at radius 1 is 1.15 bits per heavy atom. The van der Waals surface area contributed by atoms with Crippen molar-refractivity contribution in [2.45, 2.75) is 13.5 Å². The van der Waals surface area contributed by atoms with Gasteiger partial charge in [0.15, 0.2) is 0 Å². The van der Waals surface area contributed by atoms with Gasteiger partial charge in [-0.3, -0.25) is 14.4 Å². The Morgan fingerprint density at radius 3 is 2.54 bits per heavy atom. The molecule has 2 amide bonds. The topological polar surface area (TPSA) is 94.2 Å². The molecule has 7 heteroatoms. The lowest BCUT2D eigenvalue weighted by atomic mass is 10.1. The Balaban J connectivity index is 1.84. The number of hydrogen-bond acceptors (Lipinski definition) is 4. The second-order valence-electron chi connectivity index (χ2n) is 5.80. The Hall–Kier alpha value is -3.19. The summed E-state index contributed by atoms with van der Waals surface area (Å²) in [5.41, 5.74) is 7.18. The van der Waals surface area contributed by atoms with Gasteiger partial charge in [-0.25, -0.2) is 0 Å². The van der Waals surface area contributed by atoms with E-state index in [1.54, 1.807) is 18.3 Å². The predicted octanol–water partition coefficient (Wildman–Crippen LogP) is 2.62. The summed E-state index contributed by atoms with van der Waals surface area (Å²) in [5.74, 6) is -1.02. The highest BCUT2D eigenvalue weighted by Crippen LogP contribution is 2.35. The summed E-state index contributed by atoms with van der Waals surface area (Å²) in [6, 6.07) is 14.4. The summed E-state index contributed by atoms with van der Waals surface area (Å²) >= 11 is 1.27.